The second kappa shape index (κ2) is 8.05. The zero-order chi connectivity index (χ0) is 13.0. The van der Waals surface area contributed by atoms with Crippen LogP contribution in [-0.2, 0) is 6.54 Å². The van der Waals surface area contributed by atoms with Crippen molar-refractivity contribution in [2.75, 3.05) is 26.7 Å². The van der Waals surface area contributed by atoms with E-state index in [0.717, 1.165) is 19.6 Å². The predicted molar refractivity (Wildman–Crippen MR) is 80.6 cm³/mol. The number of halogens is 3. The number of piperidine rings is 1. The second-order valence-electron chi connectivity index (χ2n) is 5.00. The largest absolute Gasteiger partial charge is 0.319 e. The molecule has 1 aromatic carbocycles. The fourth-order valence-corrected chi connectivity index (χ4v) is 2.88. The smallest absolute Gasteiger partial charge is 0.129 e. The molecule has 0 spiro atoms. The molecule has 1 aromatic rings. The zero-order valence-corrected chi connectivity index (χ0v) is 12.7. The summed E-state index contributed by atoms with van der Waals surface area (Å²) in [4.78, 5) is 2.30. The molecule has 1 saturated heterocycles. The van der Waals surface area contributed by atoms with Crippen molar-refractivity contribution in [1.29, 1.82) is 0 Å². The number of benzene rings is 1. The molecule has 0 aliphatic carbocycles. The lowest BCUT2D eigenvalue weighted by molar-refractivity contribution is 0.165. The third-order valence-corrected chi connectivity index (χ3v) is 3.89. The molecule has 5 heteroatoms. The van der Waals surface area contributed by atoms with Crippen LogP contribution in [0.4, 0.5) is 4.39 Å². The van der Waals surface area contributed by atoms with Crippen molar-refractivity contribution in [3.63, 3.8) is 0 Å². The molecule has 0 saturated carbocycles. The summed E-state index contributed by atoms with van der Waals surface area (Å²) in [5.74, 6) is 0.465. The fourth-order valence-electron chi connectivity index (χ4n) is 2.66. The molecule has 1 fully saturated rings. The maximum absolute atomic E-state index is 13.7. The molecule has 1 heterocycles. The Bertz CT molecular complexity index is 379. The van der Waals surface area contributed by atoms with Crippen LogP contribution in [0.3, 0.4) is 0 Å². The highest BCUT2D eigenvalue weighted by molar-refractivity contribution is 6.31. The maximum atomic E-state index is 13.7. The molecule has 1 atom stereocenters. The molecule has 1 unspecified atom stereocenters. The van der Waals surface area contributed by atoms with E-state index in [2.05, 4.69) is 10.2 Å². The van der Waals surface area contributed by atoms with E-state index in [-0.39, 0.29) is 18.2 Å². The van der Waals surface area contributed by atoms with Crippen LogP contribution in [0.5, 0.6) is 0 Å². The van der Waals surface area contributed by atoms with E-state index >= 15 is 0 Å². The Hall–Kier alpha value is -0.350. The molecule has 1 aliphatic rings. The Kier molecular flexibility index (Phi) is 7.08. The average Bonchev–Trinajstić information content (AvgIpc) is 2.35. The van der Waals surface area contributed by atoms with Crippen LogP contribution in [0, 0.1) is 11.7 Å². The standard InChI is InChI=1S/C14H20ClFN2.ClH/c1-17-8-11-4-3-7-18(9-11)10-12-13(15)5-2-6-14(12)16;/h2,5-6,11,17H,3-4,7-10H2,1H3;1H. The number of hydrogen-bond acceptors (Lipinski definition) is 2. The van der Waals surface area contributed by atoms with Gasteiger partial charge >= 0.3 is 0 Å². The number of likely N-dealkylation sites (tertiary alicyclic amines) is 1. The summed E-state index contributed by atoms with van der Waals surface area (Å²) in [5.41, 5.74) is 0.629. The van der Waals surface area contributed by atoms with Crippen LogP contribution < -0.4 is 5.32 Å². The normalized spacial score (nSPS) is 20.1. The second-order valence-corrected chi connectivity index (χ2v) is 5.41. The third kappa shape index (κ3) is 4.60. The number of nitrogens with one attached hydrogen (secondary N) is 1. The molecule has 19 heavy (non-hydrogen) atoms. The minimum atomic E-state index is -0.196. The molecule has 2 nitrogen and oxygen atoms in total. The molecule has 1 aliphatic heterocycles. The van der Waals surface area contributed by atoms with E-state index in [0.29, 0.717) is 23.0 Å². The summed E-state index contributed by atoms with van der Waals surface area (Å²) in [6.07, 6.45) is 2.43. The van der Waals surface area contributed by atoms with Crippen molar-refractivity contribution < 1.29 is 4.39 Å². The van der Waals surface area contributed by atoms with E-state index < -0.39 is 0 Å². The van der Waals surface area contributed by atoms with Gasteiger partial charge in [-0.3, -0.25) is 4.90 Å². The van der Waals surface area contributed by atoms with Gasteiger partial charge in [-0.2, -0.15) is 0 Å². The summed E-state index contributed by atoms with van der Waals surface area (Å²) < 4.78 is 13.7. The molecular weight excluding hydrogens is 286 g/mol. The van der Waals surface area contributed by atoms with Crippen molar-refractivity contribution in [3.8, 4) is 0 Å². The molecule has 0 aromatic heterocycles. The van der Waals surface area contributed by atoms with Gasteiger partial charge < -0.3 is 5.32 Å². The van der Waals surface area contributed by atoms with Gasteiger partial charge in [0.15, 0.2) is 0 Å². The highest BCUT2D eigenvalue weighted by Crippen LogP contribution is 2.23. The first-order valence-electron chi connectivity index (χ1n) is 6.50. The van der Waals surface area contributed by atoms with Crippen LogP contribution in [0.2, 0.25) is 5.02 Å². The van der Waals surface area contributed by atoms with Gasteiger partial charge in [-0.05, 0) is 51.0 Å². The number of hydrogen-bond donors (Lipinski definition) is 1. The van der Waals surface area contributed by atoms with Gasteiger partial charge in [0.25, 0.3) is 0 Å². The van der Waals surface area contributed by atoms with Gasteiger partial charge in [0, 0.05) is 23.7 Å². The summed E-state index contributed by atoms with van der Waals surface area (Å²) in [6.45, 7) is 3.70. The number of nitrogens with zero attached hydrogens (tertiary/aromatic N) is 1. The monoisotopic (exact) mass is 306 g/mol. The molecule has 2 rings (SSSR count). The van der Waals surface area contributed by atoms with Crippen LogP contribution in [0.15, 0.2) is 18.2 Å². The van der Waals surface area contributed by atoms with Crippen LogP contribution in [0.25, 0.3) is 0 Å². The summed E-state index contributed by atoms with van der Waals surface area (Å²) in [6, 6.07) is 4.90. The van der Waals surface area contributed by atoms with Crippen molar-refractivity contribution in [2.45, 2.75) is 19.4 Å². The molecule has 108 valence electrons. The lowest BCUT2D eigenvalue weighted by atomic mass is 9.97. The highest BCUT2D eigenvalue weighted by Gasteiger charge is 2.21. The minimum absolute atomic E-state index is 0. The third-order valence-electron chi connectivity index (χ3n) is 3.54. The van der Waals surface area contributed by atoms with Gasteiger partial charge in [-0.1, -0.05) is 17.7 Å². The quantitative estimate of drug-likeness (QED) is 0.918. The Morgan fingerprint density at radius 1 is 1.47 bits per heavy atom. The Balaban J connectivity index is 0.00000180. The summed E-state index contributed by atoms with van der Waals surface area (Å²) in [7, 11) is 1.98. The predicted octanol–water partition coefficient (Wildman–Crippen LogP) is 3.33. The van der Waals surface area contributed by atoms with E-state index in [1.807, 2.05) is 7.05 Å². The molecule has 0 radical (unpaired) electrons. The minimum Gasteiger partial charge on any atom is -0.319 e. The molecular formula is C14H21Cl2FN2. The fraction of sp³-hybridized carbons (Fsp3) is 0.571. The van der Waals surface area contributed by atoms with Crippen molar-refractivity contribution >= 4 is 24.0 Å². The first-order chi connectivity index (χ1) is 8.70. The van der Waals surface area contributed by atoms with Crippen LogP contribution in [-0.4, -0.2) is 31.6 Å². The first-order valence-corrected chi connectivity index (χ1v) is 6.88. The Labute approximate surface area is 125 Å². The van der Waals surface area contributed by atoms with Gasteiger partial charge in [-0.15, -0.1) is 12.4 Å². The lowest BCUT2D eigenvalue weighted by Crippen LogP contribution is -2.38. The first kappa shape index (κ1) is 16.7. The topological polar surface area (TPSA) is 15.3 Å². The van der Waals surface area contributed by atoms with Crippen molar-refractivity contribution in [2.24, 2.45) is 5.92 Å². The molecule has 0 amide bonds. The lowest BCUT2D eigenvalue weighted by Gasteiger charge is -2.32. The van der Waals surface area contributed by atoms with E-state index in [1.165, 1.54) is 18.9 Å². The van der Waals surface area contributed by atoms with Crippen molar-refractivity contribution in [1.82, 2.24) is 10.2 Å². The summed E-state index contributed by atoms with van der Waals surface area (Å²) in [5, 5.41) is 3.75. The Morgan fingerprint density at radius 3 is 2.95 bits per heavy atom. The van der Waals surface area contributed by atoms with Gasteiger partial charge in [-0.25, -0.2) is 4.39 Å². The van der Waals surface area contributed by atoms with Crippen LogP contribution in [0.1, 0.15) is 18.4 Å². The van der Waals surface area contributed by atoms with Gasteiger partial charge in [0.1, 0.15) is 5.82 Å². The van der Waals surface area contributed by atoms with E-state index in [4.69, 9.17) is 11.6 Å². The average molecular weight is 307 g/mol. The maximum Gasteiger partial charge on any atom is 0.129 e. The van der Waals surface area contributed by atoms with Gasteiger partial charge in [0.2, 0.25) is 0 Å². The van der Waals surface area contributed by atoms with Crippen LogP contribution >= 0.6 is 24.0 Å². The Morgan fingerprint density at radius 2 is 2.26 bits per heavy atom. The summed E-state index contributed by atoms with van der Waals surface area (Å²) >= 11 is 6.07. The molecule has 1 N–H and O–H groups in total. The zero-order valence-electron chi connectivity index (χ0n) is 11.2. The molecule has 0 bridgehead atoms. The van der Waals surface area contributed by atoms with E-state index in [9.17, 15) is 4.39 Å². The number of rotatable bonds is 4. The van der Waals surface area contributed by atoms with Crippen molar-refractivity contribution in [3.05, 3.63) is 34.6 Å². The highest BCUT2D eigenvalue weighted by atomic mass is 35.5. The van der Waals surface area contributed by atoms with Gasteiger partial charge in [0.05, 0.1) is 0 Å². The SMILES string of the molecule is CNCC1CCCN(Cc2c(F)cccc2Cl)C1.Cl. The van der Waals surface area contributed by atoms with E-state index in [1.54, 1.807) is 12.1 Å².